The Kier molecular flexibility index (Phi) is 6.46. The summed E-state index contributed by atoms with van der Waals surface area (Å²) in [5.74, 6) is -1.46. The Bertz CT molecular complexity index is 1450. The number of azo groups is 1. The number of carbonyl (C=O) groups is 2. The van der Waals surface area contributed by atoms with Gasteiger partial charge in [0.25, 0.3) is 11.6 Å². The minimum absolute atomic E-state index is 0.0456. The molecule has 1 aromatic heterocycles. The summed E-state index contributed by atoms with van der Waals surface area (Å²) in [6, 6.07) is 18.9. The van der Waals surface area contributed by atoms with Gasteiger partial charge in [-0.05, 0) is 36.4 Å². The van der Waals surface area contributed by atoms with Gasteiger partial charge in [-0.15, -0.1) is 10.2 Å². The number of nitro benzene ring substituents is 1. The van der Waals surface area contributed by atoms with Gasteiger partial charge in [-0.25, -0.2) is 0 Å². The monoisotopic (exact) mass is 521 g/mol. The molecule has 11 heteroatoms. The summed E-state index contributed by atoms with van der Waals surface area (Å²) in [7, 11) is 0. The van der Waals surface area contributed by atoms with E-state index in [2.05, 4.69) is 31.5 Å². The second kappa shape index (κ2) is 9.63. The molecule has 0 saturated heterocycles. The number of nitro groups is 1. The van der Waals surface area contributed by atoms with E-state index >= 15 is 0 Å². The maximum atomic E-state index is 12.6. The summed E-state index contributed by atoms with van der Waals surface area (Å²) in [5.41, 5.74) is 0.954. The lowest BCUT2D eigenvalue weighted by Crippen LogP contribution is -2.18. The highest BCUT2D eigenvalue weighted by atomic mass is 79.9. The first-order chi connectivity index (χ1) is 16.3. The van der Waals surface area contributed by atoms with E-state index in [4.69, 9.17) is 0 Å². The van der Waals surface area contributed by atoms with E-state index in [9.17, 15) is 24.8 Å². The average Bonchev–Trinajstić information content (AvgIpc) is 3.08. The molecule has 2 amide bonds. The molecular weight excluding hydrogens is 506 g/mol. The van der Waals surface area contributed by atoms with Gasteiger partial charge in [0, 0.05) is 33.2 Å². The van der Waals surface area contributed by atoms with E-state index in [0.29, 0.717) is 16.5 Å². The predicted octanol–water partition coefficient (Wildman–Crippen LogP) is 5.58. The van der Waals surface area contributed by atoms with Gasteiger partial charge in [-0.1, -0.05) is 40.2 Å². The number of benzene rings is 3. The van der Waals surface area contributed by atoms with Gasteiger partial charge in [-0.2, -0.15) is 0 Å². The molecule has 10 nitrogen and oxygen atoms in total. The van der Waals surface area contributed by atoms with Crippen molar-refractivity contribution in [2.45, 2.75) is 6.54 Å². The van der Waals surface area contributed by atoms with Crippen LogP contribution in [-0.2, 0) is 11.3 Å². The largest absolute Gasteiger partial charge is 0.493 e. The number of aromatic nitrogens is 1. The minimum atomic E-state index is -0.591. The van der Waals surface area contributed by atoms with Crippen molar-refractivity contribution in [3.05, 3.63) is 92.9 Å². The second-order valence-electron chi connectivity index (χ2n) is 7.14. The van der Waals surface area contributed by atoms with E-state index in [1.54, 1.807) is 48.5 Å². The number of hydrogen-bond donors (Lipinski definition) is 2. The molecule has 0 fully saturated rings. The van der Waals surface area contributed by atoms with Crippen molar-refractivity contribution in [3.63, 3.8) is 0 Å². The first kappa shape index (κ1) is 22.8. The number of halogens is 1. The molecule has 4 rings (SSSR count). The molecule has 4 aromatic rings. The fourth-order valence-electron chi connectivity index (χ4n) is 3.32. The van der Waals surface area contributed by atoms with Gasteiger partial charge in [0.2, 0.25) is 11.8 Å². The molecule has 0 aliphatic rings. The third kappa shape index (κ3) is 4.84. The lowest BCUT2D eigenvalue weighted by atomic mass is 10.2. The molecule has 0 atom stereocenters. The molecule has 170 valence electrons. The number of anilines is 1. The van der Waals surface area contributed by atoms with Crippen LogP contribution in [0, 0.1) is 10.1 Å². The maximum Gasteiger partial charge on any atom is 0.295 e. The molecule has 34 heavy (non-hydrogen) atoms. The number of nitrogens with zero attached hydrogens (tertiary/aromatic N) is 4. The lowest BCUT2D eigenvalue weighted by molar-refractivity contribution is -0.384. The number of non-ortho nitro benzene ring substituents is 1. The fourth-order valence-corrected chi connectivity index (χ4v) is 3.58. The highest BCUT2D eigenvalue weighted by molar-refractivity contribution is 9.10. The molecular formula is C23H16BrN5O5. The molecule has 0 spiro atoms. The third-order valence-corrected chi connectivity index (χ3v) is 5.42. The van der Waals surface area contributed by atoms with Crippen LogP contribution in [0.15, 0.2) is 87.5 Å². The van der Waals surface area contributed by atoms with Crippen LogP contribution in [0.1, 0.15) is 10.4 Å². The standard InChI is InChI=1S/C23H16BrN5O5/c24-15-10-8-14(9-11-15)22(31)27-26-21-18-6-1-2-7-19(18)28(23(21)32)13-20(30)25-16-4-3-5-17(12-16)29(33)34/h1-12,32H,13H2,(H,25,30). The number of para-hydroxylation sites is 1. The molecule has 0 radical (unpaired) electrons. The van der Waals surface area contributed by atoms with Crippen LogP contribution in [0.2, 0.25) is 0 Å². The zero-order valence-corrected chi connectivity index (χ0v) is 19.0. The molecule has 0 unspecified atom stereocenters. The van der Waals surface area contributed by atoms with E-state index in [0.717, 1.165) is 4.47 Å². The number of rotatable bonds is 6. The molecule has 0 bridgehead atoms. The molecule has 2 N–H and O–H groups in total. The van der Waals surface area contributed by atoms with Crippen LogP contribution in [0.5, 0.6) is 5.88 Å². The highest BCUT2D eigenvalue weighted by Gasteiger charge is 2.19. The zero-order chi connectivity index (χ0) is 24.2. The number of nitrogens with one attached hydrogen (secondary N) is 1. The van der Waals surface area contributed by atoms with Crippen molar-refractivity contribution in [2.24, 2.45) is 10.2 Å². The van der Waals surface area contributed by atoms with Crippen LogP contribution >= 0.6 is 15.9 Å². The first-order valence-corrected chi connectivity index (χ1v) is 10.7. The Balaban J connectivity index is 1.60. The van der Waals surface area contributed by atoms with Crippen molar-refractivity contribution in [3.8, 4) is 5.88 Å². The van der Waals surface area contributed by atoms with E-state index in [-0.39, 0.29) is 29.5 Å². The van der Waals surface area contributed by atoms with Crippen LogP contribution in [0.4, 0.5) is 17.1 Å². The van der Waals surface area contributed by atoms with E-state index in [1.807, 2.05) is 0 Å². The summed E-state index contributed by atoms with van der Waals surface area (Å²) in [4.78, 5) is 35.4. The average molecular weight is 522 g/mol. The highest BCUT2D eigenvalue weighted by Crippen LogP contribution is 2.39. The molecule has 0 saturated carbocycles. The molecule has 0 aliphatic carbocycles. The predicted molar refractivity (Wildman–Crippen MR) is 128 cm³/mol. The van der Waals surface area contributed by atoms with Crippen LogP contribution in [0.3, 0.4) is 0 Å². The lowest BCUT2D eigenvalue weighted by Gasteiger charge is -2.08. The van der Waals surface area contributed by atoms with Crippen molar-refractivity contribution >= 4 is 55.7 Å². The van der Waals surface area contributed by atoms with Crippen molar-refractivity contribution < 1.29 is 19.6 Å². The van der Waals surface area contributed by atoms with E-state index < -0.39 is 16.7 Å². The number of aromatic hydroxyl groups is 1. The van der Waals surface area contributed by atoms with Crippen LogP contribution in [-0.4, -0.2) is 26.4 Å². The maximum absolute atomic E-state index is 12.6. The third-order valence-electron chi connectivity index (χ3n) is 4.89. The van der Waals surface area contributed by atoms with Crippen molar-refractivity contribution in [1.29, 1.82) is 0 Å². The first-order valence-electron chi connectivity index (χ1n) is 9.89. The van der Waals surface area contributed by atoms with Gasteiger partial charge in [0.05, 0.1) is 10.4 Å². The Morgan fingerprint density at radius 3 is 2.53 bits per heavy atom. The molecule has 1 heterocycles. The van der Waals surface area contributed by atoms with Crippen molar-refractivity contribution in [1.82, 2.24) is 4.57 Å². The number of fused-ring (bicyclic) bond motifs is 1. The molecule has 3 aromatic carbocycles. The summed E-state index contributed by atoms with van der Waals surface area (Å²) >= 11 is 3.30. The zero-order valence-electron chi connectivity index (χ0n) is 17.4. The van der Waals surface area contributed by atoms with Gasteiger partial charge in [0.15, 0.2) is 5.69 Å². The smallest absolute Gasteiger partial charge is 0.295 e. The Hall–Kier alpha value is -4.38. The SMILES string of the molecule is O=C(Cn1c(O)c(N=NC(=O)c2ccc(Br)cc2)c2ccccc21)Nc1cccc([N+](=O)[O-])c1. The topological polar surface area (TPSA) is 139 Å². The summed E-state index contributed by atoms with van der Waals surface area (Å²) in [5, 5.41) is 32.5. The summed E-state index contributed by atoms with van der Waals surface area (Å²) < 4.78 is 2.13. The minimum Gasteiger partial charge on any atom is -0.493 e. The van der Waals surface area contributed by atoms with Gasteiger partial charge >= 0.3 is 0 Å². The van der Waals surface area contributed by atoms with E-state index in [1.165, 1.54) is 28.8 Å². The second-order valence-corrected chi connectivity index (χ2v) is 8.06. The Morgan fingerprint density at radius 1 is 1.06 bits per heavy atom. The number of amides is 2. The van der Waals surface area contributed by atoms with Gasteiger partial charge in [0.1, 0.15) is 6.54 Å². The Labute approximate surface area is 200 Å². The van der Waals surface area contributed by atoms with Crippen molar-refractivity contribution in [2.75, 3.05) is 5.32 Å². The number of hydrogen-bond acceptors (Lipinski definition) is 6. The normalized spacial score (nSPS) is 11.1. The van der Waals surface area contributed by atoms with Gasteiger partial charge in [-0.3, -0.25) is 19.7 Å². The number of carbonyl (C=O) groups excluding carboxylic acids is 2. The quantitative estimate of drug-likeness (QED) is 0.193. The molecule has 0 aliphatic heterocycles. The Morgan fingerprint density at radius 2 is 1.79 bits per heavy atom. The fraction of sp³-hybridized carbons (Fsp3) is 0.0435. The van der Waals surface area contributed by atoms with Crippen LogP contribution < -0.4 is 5.32 Å². The van der Waals surface area contributed by atoms with Crippen LogP contribution in [0.25, 0.3) is 10.9 Å². The van der Waals surface area contributed by atoms with Gasteiger partial charge < -0.3 is 15.0 Å². The summed E-state index contributed by atoms with van der Waals surface area (Å²) in [6.07, 6.45) is 0. The summed E-state index contributed by atoms with van der Waals surface area (Å²) in [6.45, 7) is -0.300.